The Morgan fingerprint density at radius 2 is 0.773 bits per heavy atom. The second-order valence-electron chi connectivity index (χ2n) is 13.5. The monoisotopic (exact) mass is 625 g/mol. The summed E-state index contributed by atoms with van der Waals surface area (Å²) in [5.41, 5.74) is 0. The Kier molecular flexibility index (Phi) is 36.3. The van der Waals surface area contributed by atoms with E-state index in [1.165, 1.54) is 142 Å². The van der Waals surface area contributed by atoms with Crippen LogP contribution in [0.2, 0.25) is 0 Å². The first-order chi connectivity index (χ1) is 21.7. The highest BCUT2D eigenvalue weighted by Crippen LogP contribution is 2.13. The minimum absolute atomic E-state index is 0.0390. The maximum absolute atomic E-state index is 11.9. The van der Waals surface area contributed by atoms with E-state index in [0.29, 0.717) is 13.0 Å². The fraction of sp³-hybridized carbons (Fsp3) is 0.974. The van der Waals surface area contributed by atoms with E-state index < -0.39 is 0 Å². The van der Waals surface area contributed by atoms with Gasteiger partial charge < -0.3 is 14.7 Å². The van der Waals surface area contributed by atoms with Crippen molar-refractivity contribution < 1.29 is 14.6 Å². The minimum Gasteiger partial charge on any atom is -0.466 e. The molecule has 0 amide bonds. The normalized spacial score (nSPS) is 11.7. The Morgan fingerprint density at radius 1 is 0.432 bits per heavy atom. The van der Waals surface area contributed by atoms with Crippen LogP contribution in [0.25, 0.3) is 0 Å². The van der Waals surface area contributed by atoms with E-state index in [0.717, 1.165) is 64.7 Å². The first-order valence-electron chi connectivity index (χ1n) is 19.9. The largest absolute Gasteiger partial charge is 0.466 e. The molecule has 0 atom stereocenters. The number of aliphatic hydroxyl groups excluding tert-OH is 1. The lowest BCUT2D eigenvalue weighted by molar-refractivity contribution is -0.143. The van der Waals surface area contributed by atoms with Gasteiger partial charge in [-0.25, -0.2) is 0 Å². The summed E-state index contributed by atoms with van der Waals surface area (Å²) in [6.45, 7) is 13.9. The Balaban J connectivity index is 4.34. The molecular formula is C39H80N2O3. The summed E-state index contributed by atoms with van der Waals surface area (Å²) in [5, 5.41) is 9.69. The van der Waals surface area contributed by atoms with Gasteiger partial charge in [0.1, 0.15) is 0 Å². The Bertz CT molecular complexity index is 535. The average Bonchev–Trinajstić information content (AvgIpc) is 3.02. The summed E-state index contributed by atoms with van der Waals surface area (Å²) in [6.07, 6.45) is 34.7. The first kappa shape index (κ1) is 43.4. The van der Waals surface area contributed by atoms with Crippen LogP contribution < -0.4 is 0 Å². The molecule has 0 aromatic carbocycles. The number of unbranched alkanes of at least 4 members (excludes halogenated alkanes) is 22. The standard InChI is InChI=1S/C39H80N2O3/c1-4-7-10-12-14-16-18-20-22-26-31-40(32-27-23-21-19-17-15-13-11-8-5-2)34-35-41(36-37-42)33-28-24-25-30-39(43)44-38-29-9-6-3/h42H,4-38H2,1-3H3. The highest BCUT2D eigenvalue weighted by molar-refractivity contribution is 5.69. The maximum Gasteiger partial charge on any atom is 0.305 e. The van der Waals surface area contributed by atoms with Gasteiger partial charge in [0, 0.05) is 26.1 Å². The lowest BCUT2D eigenvalue weighted by atomic mass is 10.1. The van der Waals surface area contributed by atoms with Crippen LogP contribution in [0.5, 0.6) is 0 Å². The number of carbonyl (C=O) groups excluding carboxylic acids is 1. The number of nitrogens with zero attached hydrogens (tertiary/aromatic N) is 2. The molecule has 264 valence electrons. The molecule has 0 aliphatic carbocycles. The lowest BCUT2D eigenvalue weighted by Gasteiger charge is -2.27. The Hall–Kier alpha value is -0.650. The van der Waals surface area contributed by atoms with Gasteiger partial charge >= 0.3 is 5.97 Å². The van der Waals surface area contributed by atoms with Gasteiger partial charge in [0.2, 0.25) is 0 Å². The summed E-state index contributed by atoms with van der Waals surface area (Å²) in [5.74, 6) is -0.0390. The fourth-order valence-electron chi connectivity index (χ4n) is 6.13. The number of aliphatic hydroxyl groups is 1. The highest BCUT2D eigenvalue weighted by atomic mass is 16.5. The van der Waals surface area contributed by atoms with Gasteiger partial charge in [-0.3, -0.25) is 9.69 Å². The van der Waals surface area contributed by atoms with Crippen LogP contribution in [0.15, 0.2) is 0 Å². The molecule has 0 bridgehead atoms. The van der Waals surface area contributed by atoms with Crippen molar-refractivity contribution in [2.75, 3.05) is 52.5 Å². The van der Waals surface area contributed by atoms with Gasteiger partial charge in [0.25, 0.3) is 0 Å². The van der Waals surface area contributed by atoms with Gasteiger partial charge in [-0.15, -0.1) is 0 Å². The summed E-state index contributed by atoms with van der Waals surface area (Å²) in [6, 6.07) is 0. The van der Waals surface area contributed by atoms with E-state index in [4.69, 9.17) is 4.74 Å². The highest BCUT2D eigenvalue weighted by Gasteiger charge is 2.10. The summed E-state index contributed by atoms with van der Waals surface area (Å²) in [7, 11) is 0. The maximum atomic E-state index is 11.9. The minimum atomic E-state index is -0.0390. The number of carbonyl (C=O) groups is 1. The number of ether oxygens (including phenoxy) is 1. The molecule has 0 aromatic heterocycles. The zero-order chi connectivity index (χ0) is 32.2. The predicted octanol–water partition coefficient (Wildman–Crippen LogP) is 10.7. The van der Waals surface area contributed by atoms with Crippen molar-refractivity contribution >= 4 is 5.97 Å². The van der Waals surface area contributed by atoms with E-state index in [-0.39, 0.29) is 12.6 Å². The van der Waals surface area contributed by atoms with E-state index in [9.17, 15) is 9.90 Å². The number of rotatable bonds is 37. The molecule has 0 saturated carbocycles. The van der Waals surface area contributed by atoms with Crippen LogP contribution in [-0.2, 0) is 9.53 Å². The molecule has 0 aromatic rings. The van der Waals surface area contributed by atoms with Crippen molar-refractivity contribution in [2.45, 2.75) is 194 Å². The van der Waals surface area contributed by atoms with Crippen molar-refractivity contribution in [1.29, 1.82) is 0 Å². The van der Waals surface area contributed by atoms with Gasteiger partial charge in [-0.1, -0.05) is 156 Å². The van der Waals surface area contributed by atoms with E-state index in [2.05, 4.69) is 30.6 Å². The fourth-order valence-corrected chi connectivity index (χ4v) is 6.13. The molecule has 0 aliphatic heterocycles. The summed E-state index contributed by atoms with van der Waals surface area (Å²) >= 11 is 0. The van der Waals surface area contributed by atoms with Crippen molar-refractivity contribution in [1.82, 2.24) is 9.80 Å². The molecule has 1 N–H and O–H groups in total. The van der Waals surface area contributed by atoms with Crippen molar-refractivity contribution in [3.05, 3.63) is 0 Å². The molecule has 5 nitrogen and oxygen atoms in total. The third-order valence-electron chi connectivity index (χ3n) is 9.17. The average molecular weight is 625 g/mol. The van der Waals surface area contributed by atoms with Crippen LogP contribution in [0.1, 0.15) is 194 Å². The molecule has 0 rings (SSSR count). The number of esters is 1. The Morgan fingerprint density at radius 3 is 1.18 bits per heavy atom. The molecule has 44 heavy (non-hydrogen) atoms. The van der Waals surface area contributed by atoms with Crippen molar-refractivity contribution in [2.24, 2.45) is 0 Å². The van der Waals surface area contributed by atoms with Crippen molar-refractivity contribution in [3.63, 3.8) is 0 Å². The third kappa shape index (κ3) is 32.7. The van der Waals surface area contributed by atoms with Gasteiger partial charge in [0.15, 0.2) is 0 Å². The lowest BCUT2D eigenvalue weighted by Crippen LogP contribution is -2.38. The van der Waals surface area contributed by atoms with Crippen LogP contribution in [-0.4, -0.2) is 73.4 Å². The topological polar surface area (TPSA) is 53.0 Å². The molecule has 0 radical (unpaired) electrons. The van der Waals surface area contributed by atoms with Crippen LogP contribution >= 0.6 is 0 Å². The smallest absolute Gasteiger partial charge is 0.305 e. The second kappa shape index (κ2) is 36.8. The molecule has 0 fully saturated rings. The zero-order valence-electron chi connectivity index (χ0n) is 30.4. The van der Waals surface area contributed by atoms with Gasteiger partial charge in [-0.2, -0.15) is 0 Å². The van der Waals surface area contributed by atoms with E-state index in [1.54, 1.807) is 0 Å². The third-order valence-corrected chi connectivity index (χ3v) is 9.17. The quantitative estimate of drug-likeness (QED) is 0.0550. The van der Waals surface area contributed by atoms with Crippen LogP contribution in [0.3, 0.4) is 0 Å². The Labute approximate surface area is 276 Å². The van der Waals surface area contributed by atoms with Gasteiger partial charge in [0.05, 0.1) is 13.2 Å². The molecule has 0 unspecified atom stereocenters. The molecule has 0 spiro atoms. The SMILES string of the molecule is CCCCCCCCCCCCN(CCCCCCCCCCCC)CCN(CCO)CCCCCC(=O)OCCCCC. The second-order valence-corrected chi connectivity index (χ2v) is 13.5. The first-order valence-corrected chi connectivity index (χ1v) is 19.9. The number of hydrogen-bond acceptors (Lipinski definition) is 5. The summed E-state index contributed by atoms with van der Waals surface area (Å²) < 4.78 is 5.34. The zero-order valence-corrected chi connectivity index (χ0v) is 30.4. The molecule has 0 heterocycles. The number of hydrogen-bond donors (Lipinski definition) is 1. The van der Waals surface area contributed by atoms with Crippen LogP contribution in [0.4, 0.5) is 0 Å². The van der Waals surface area contributed by atoms with Gasteiger partial charge in [-0.05, 0) is 51.7 Å². The van der Waals surface area contributed by atoms with E-state index >= 15 is 0 Å². The molecule has 0 aliphatic rings. The van der Waals surface area contributed by atoms with Crippen LogP contribution in [0, 0.1) is 0 Å². The summed E-state index contributed by atoms with van der Waals surface area (Å²) in [4.78, 5) is 17.1. The predicted molar refractivity (Wildman–Crippen MR) is 193 cm³/mol. The molecule has 5 heteroatoms. The molecular weight excluding hydrogens is 544 g/mol. The van der Waals surface area contributed by atoms with Crippen molar-refractivity contribution in [3.8, 4) is 0 Å². The molecule has 0 saturated heterocycles. The van der Waals surface area contributed by atoms with E-state index in [1.807, 2.05) is 0 Å².